The van der Waals surface area contributed by atoms with E-state index in [1.165, 1.54) is 11.1 Å². The Morgan fingerprint density at radius 2 is 2.21 bits per heavy atom. The molecule has 1 aliphatic rings. The van der Waals surface area contributed by atoms with E-state index in [4.69, 9.17) is 10.5 Å². The minimum absolute atomic E-state index is 0.195. The van der Waals surface area contributed by atoms with E-state index in [1.807, 2.05) is 13.0 Å². The van der Waals surface area contributed by atoms with Gasteiger partial charge in [-0.05, 0) is 42.5 Å². The summed E-state index contributed by atoms with van der Waals surface area (Å²) in [4.78, 5) is 0. The average molecular weight is 191 g/mol. The maximum atomic E-state index is 6.05. The van der Waals surface area contributed by atoms with Gasteiger partial charge in [0, 0.05) is 6.04 Å². The van der Waals surface area contributed by atoms with E-state index in [0.29, 0.717) is 12.5 Å². The second kappa shape index (κ2) is 3.62. The predicted molar refractivity (Wildman–Crippen MR) is 57.6 cm³/mol. The molecule has 2 N–H and O–H groups in total. The van der Waals surface area contributed by atoms with Gasteiger partial charge < -0.3 is 10.5 Å². The lowest BCUT2D eigenvalue weighted by atomic mass is 10.0. The first kappa shape index (κ1) is 9.53. The third-order valence-corrected chi connectivity index (χ3v) is 2.91. The second-order valence-electron chi connectivity index (χ2n) is 3.97. The number of fused-ring (bicyclic) bond motifs is 1. The first-order valence-electron chi connectivity index (χ1n) is 5.24. The molecule has 0 bridgehead atoms. The fourth-order valence-corrected chi connectivity index (χ4v) is 2.21. The van der Waals surface area contributed by atoms with Crippen molar-refractivity contribution >= 4 is 0 Å². The van der Waals surface area contributed by atoms with Crippen LogP contribution in [-0.2, 0) is 0 Å². The zero-order valence-electron chi connectivity index (χ0n) is 8.79. The molecule has 2 rings (SSSR count). The molecule has 2 heteroatoms. The zero-order valence-corrected chi connectivity index (χ0v) is 8.79. The summed E-state index contributed by atoms with van der Waals surface area (Å²) in [6.07, 6.45) is 1.06. The summed E-state index contributed by atoms with van der Waals surface area (Å²) >= 11 is 0. The molecule has 1 aliphatic carbocycles. The van der Waals surface area contributed by atoms with Crippen LogP contribution in [0.1, 0.15) is 43.4 Å². The quantitative estimate of drug-likeness (QED) is 0.779. The van der Waals surface area contributed by atoms with Gasteiger partial charge in [0.1, 0.15) is 5.75 Å². The summed E-state index contributed by atoms with van der Waals surface area (Å²) in [6.45, 7) is 4.94. The van der Waals surface area contributed by atoms with Crippen LogP contribution in [0.15, 0.2) is 18.2 Å². The van der Waals surface area contributed by atoms with Crippen LogP contribution in [0.2, 0.25) is 0 Å². The molecule has 76 valence electrons. The third kappa shape index (κ3) is 1.50. The van der Waals surface area contributed by atoms with Gasteiger partial charge in [-0.2, -0.15) is 0 Å². The molecule has 0 amide bonds. The van der Waals surface area contributed by atoms with E-state index >= 15 is 0 Å². The lowest BCUT2D eigenvalue weighted by Crippen LogP contribution is -2.05. The molecular weight excluding hydrogens is 174 g/mol. The molecule has 1 aromatic rings. The summed E-state index contributed by atoms with van der Waals surface area (Å²) in [5, 5.41) is 0. The van der Waals surface area contributed by atoms with Crippen molar-refractivity contribution in [2.75, 3.05) is 6.61 Å². The molecule has 0 aromatic heterocycles. The summed E-state index contributed by atoms with van der Waals surface area (Å²) < 4.78 is 5.46. The van der Waals surface area contributed by atoms with Crippen molar-refractivity contribution in [3.63, 3.8) is 0 Å². The van der Waals surface area contributed by atoms with Crippen LogP contribution in [0.3, 0.4) is 0 Å². The topological polar surface area (TPSA) is 35.2 Å². The first-order valence-corrected chi connectivity index (χ1v) is 5.24. The second-order valence-corrected chi connectivity index (χ2v) is 3.97. The molecule has 0 saturated heterocycles. The maximum absolute atomic E-state index is 6.05. The van der Waals surface area contributed by atoms with Gasteiger partial charge in [-0.15, -0.1) is 0 Å². The Hall–Kier alpha value is -1.02. The Morgan fingerprint density at radius 1 is 1.43 bits per heavy atom. The third-order valence-electron chi connectivity index (χ3n) is 2.91. The van der Waals surface area contributed by atoms with E-state index in [9.17, 15) is 0 Å². The zero-order chi connectivity index (χ0) is 10.1. The van der Waals surface area contributed by atoms with Crippen LogP contribution >= 0.6 is 0 Å². The summed E-state index contributed by atoms with van der Waals surface area (Å²) in [5.41, 5.74) is 8.70. The molecule has 2 atom stereocenters. The molecule has 0 saturated carbocycles. The van der Waals surface area contributed by atoms with Gasteiger partial charge in [0.05, 0.1) is 6.61 Å². The van der Waals surface area contributed by atoms with Crippen molar-refractivity contribution in [3.05, 3.63) is 29.3 Å². The number of rotatable bonds is 2. The lowest BCUT2D eigenvalue weighted by Gasteiger charge is -2.08. The van der Waals surface area contributed by atoms with Crippen molar-refractivity contribution in [1.82, 2.24) is 0 Å². The summed E-state index contributed by atoms with van der Waals surface area (Å²) in [6, 6.07) is 6.47. The van der Waals surface area contributed by atoms with Crippen LogP contribution in [-0.4, -0.2) is 6.61 Å². The predicted octanol–water partition coefficient (Wildman–Crippen LogP) is 2.59. The monoisotopic (exact) mass is 191 g/mol. The molecule has 2 unspecified atom stereocenters. The molecule has 2 nitrogen and oxygen atoms in total. The van der Waals surface area contributed by atoms with Gasteiger partial charge in [0.15, 0.2) is 0 Å². The minimum atomic E-state index is 0.195. The van der Waals surface area contributed by atoms with Crippen molar-refractivity contribution in [3.8, 4) is 5.75 Å². The molecule has 0 radical (unpaired) electrons. The summed E-state index contributed by atoms with van der Waals surface area (Å²) in [5.74, 6) is 1.53. The Kier molecular flexibility index (Phi) is 2.46. The molecule has 0 aliphatic heterocycles. The number of hydrogen-bond acceptors (Lipinski definition) is 2. The lowest BCUT2D eigenvalue weighted by molar-refractivity contribution is 0.339. The van der Waals surface area contributed by atoms with Crippen LogP contribution in [0, 0.1) is 0 Å². The molecule has 14 heavy (non-hydrogen) atoms. The van der Waals surface area contributed by atoms with Crippen molar-refractivity contribution in [2.45, 2.75) is 32.2 Å². The Morgan fingerprint density at radius 3 is 2.93 bits per heavy atom. The van der Waals surface area contributed by atoms with Crippen molar-refractivity contribution in [2.24, 2.45) is 5.73 Å². The van der Waals surface area contributed by atoms with Gasteiger partial charge >= 0.3 is 0 Å². The van der Waals surface area contributed by atoms with E-state index in [-0.39, 0.29) is 6.04 Å². The standard InChI is InChI=1S/C12H17NO/c1-3-14-9-4-5-10-8(2)6-12(13)11(10)7-9/h4-5,7-8,12H,3,6,13H2,1-2H3. The number of benzene rings is 1. The molecular formula is C12H17NO. The SMILES string of the molecule is CCOc1ccc2c(c1)C(N)CC2C. The van der Waals surface area contributed by atoms with Crippen LogP contribution < -0.4 is 10.5 Å². The first-order chi connectivity index (χ1) is 6.72. The highest BCUT2D eigenvalue weighted by Crippen LogP contribution is 2.39. The Balaban J connectivity index is 2.35. The van der Waals surface area contributed by atoms with Gasteiger partial charge in [0.25, 0.3) is 0 Å². The highest BCUT2D eigenvalue weighted by Gasteiger charge is 2.25. The Labute approximate surface area is 85.1 Å². The normalized spacial score (nSPS) is 24.8. The smallest absolute Gasteiger partial charge is 0.119 e. The number of hydrogen-bond donors (Lipinski definition) is 1. The van der Waals surface area contributed by atoms with Crippen LogP contribution in [0.4, 0.5) is 0 Å². The molecule has 0 heterocycles. The van der Waals surface area contributed by atoms with Crippen LogP contribution in [0.25, 0.3) is 0 Å². The maximum Gasteiger partial charge on any atom is 0.119 e. The minimum Gasteiger partial charge on any atom is -0.494 e. The van der Waals surface area contributed by atoms with Gasteiger partial charge in [-0.1, -0.05) is 13.0 Å². The largest absolute Gasteiger partial charge is 0.494 e. The Bertz CT molecular complexity index is 335. The van der Waals surface area contributed by atoms with Crippen molar-refractivity contribution < 1.29 is 4.74 Å². The van der Waals surface area contributed by atoms with E-state index in [2.05, 4.69) is 19.1 Å². The molecule has 0 spiro atoms. The fourth-order valence-electron chi connectivity index (χ4n) is 2.21. The van der Waals surface area contributed by atoms with E-state index in [1.54, 1.807) is 0 Å². The van der Waals surface area contributed by atoms with Gasteiger partial charge in [0.2, 0.25) is 0 Å². The van der Waals surface area contributed by atoms with Gasteiger partial charge in [-0.3, -0.25) is 0 Å². The average Bonchev–Trinajstić information content (AvgIpc) is 2.43. The van der Waals surface area contributed by atoms with Crippen LogP contribution in [0.5, 0.6) is 5.75 Å². The number of ether oxygens (including phenoxy) is 1. The van der Waals surface area contributed by atoms with E-state index in [0.717, 1.165) is 12.2 Å². The van der Waals surface area contributed by atoms with E-state index < -0.39 is 0 Å². The highest BCUT2D eigenvalue weighted by atomic mass is 16.5. The molecule has 0 fully saturated rings. The summed E-state index contributed by atoms with van der Waals surface area (Å²) in [7, 11) is 0. The number of nitrogens with two attached hydrogens (primary N) is 1. The van der Waals surface area contributed by atoms with Crippen molar-refractivity contribution in [1.29, 1.82) is 0 Å². The fraction of sp³-hybridized carbons (Fsp3) is 0.500. The highest BCUT2D eigenvalue weighted by molar-refractivity contribution is 5.42. The van der Waals surface area contributed by atoms with Gasteiger partial charge in [-0.25, -0.2) is 0 Å². The molecule has 1 aromatic carbocycles.